The fourth-order valence-electron chi connectivity index (χ4n) is 7.75. The van der Waals surface area contributed by atoms with Gasteiger partial charge >= 0.3 is 51.4 Å². The van der Waals surface area contributed by atoms with E-state index in [-0.39, 0.29) is 131 Å². The molecule has 0 spiro atoms. The average molecular weight is 1890 g/mol. The molecule has 0 bridgehead atoms. The minimum absolute atomic E-state index is 0. The Labute approximate surface area is 715 Å². The second-order valence-corrected chi connectivity index (χ2v) is 25.2. The second-order valence-electron chi connectivity index (χ2n) is 20.2. The molecule has 0 aromatic heterocycles. The number of nitrogens with two attached hydrogens (primary N) is 2. The third-order valence-electron chi connectivity index (χ3n) is 12.1. The molecule has 545 valence electrons. The minimum Gasteiger partial charge on any atom is -1.00 e. The molecule has 1 amide bonds. The fraction of sp³-hybridized carbons (Fsp3) is 0.301. The molecule has 0 fully saturated rings. The van der Waals surface area contributed by atoms with Gasteiger partial charge in [-0.15, -0.1) is 0 Å². The van der Waals surface area contributed by atoms with E-state index < -0.39 is 16.1 Å². The Bertz CT molecular complexity index is 3590. The number of rotatable bonds is 29. The van der Waals surface area contributed by atoms with Gasteiger partial charge in [-0.3, -0.25) is 49.0 Å². The number of nitrogens with zero attached hydrogens (tertiary/aromatic N) is 3. The van der Waals surface area contributed by atoms with Crippen molar-refractivity contribution in [3.8, 4) is 0 Å². The van der Waals surface area contributed by atoms with E-state index in [4.69, 9.17) is 43.9 Å². The van der Waals surface area contributed by atoms with Crippen molar-refractivity contribution in [3.63, 3.8) is 0 Å². The molecule has 0 saturated heterocycles. The monoisotopic (exact) mass is 1880 g/mol. The van der Waals surface area contributed by atoms with E-state index in [1.165, 1.54) is 38.5 Å². The van der Waals surface area contributed by atoms with Crippen molar-refractivity contribution in [2.45, 2.75) is 78.1 Å². The quantitative estimate of drug-likeness (QED) is 0.00838. The van der Waals surface area contributed by atoms with Gasteiger partial charge in [-0.25, -0.2) is 4.85 Å². The number of aryl methyl sites for hydroxylation is 3. The Hall–Kier alpha value is -4.56. The number of hydrogen-bond acceptors (Lipinski definition) is 15. The van der Waals surface area contributed by atoms with Crippen molar-refractivity contribution in [2.24, 2.45) is 11.5 Å². The van der Waals surface area contributed by atoms with Crippen molar-refractivity contribution < 1.29 is 109 Å². The van der Waals surface area contributed by atoms with Gasteiger partial charge in [0.15, 0.2) is 28.7 Å². The Morgan fingerprint density at radius 3 is 1.20 bits per heavy atom. The number of ketones is 3. The molecular formula is C73H85B3Br5ClIKN5O14. The van der Waals surface area contributed by atoms with E-state index >= 15 is 0 Å². The number of methoxy groups -OCH3 is 4. The van der Waals surface area contributed by atoms with Crippen molar-refractivity contribution in [2.75, 3.05) is 68.0 Å². The number of Topliss-reactive ketones (excluding diaryl/α,β-unsaturated/α-hetero) is 3. The molecule has 0 atom stereocenters. The number of nitro groups is 2. The van der Waals surface area contributed by atoms with Crippen LogP contribution < -0.4 is 62.9 Å². The zero-order valence-electron chi connectivity index (χ0n) is 57.5. The van der Waals surface area contributed by atoms with Gasteiger partial charge < -0.3 is 38.8 Å². The normalized spacial score (nSPS) is 9.31. The smallest absolute Gasteiger partial charge is 1.00 e. The van der Waals surface area contributed by atoms with Crippen molar-refractivity contribution in [3.05, 3.63) is 275 Å². The van der Waals surface area contributed by atoms with Crippen LogP contribution in [0.5, 0.6) is 0 Å². The molecule has 4 N–H and O–H groups in total. The summed E-state index contributed by atoms with van der Waals surface area (Å²) >= 11 is 23.1. The number of hydrogen-bond donors (Lipinski definition) is 2. The average Bonchev–Trinajstić information content (AvgIpc) is 0.908. The predicted molar refractivity (Wildman–Crippen MR) is 438 cm³/mol. The van der Waals surface area contributed by atoms with Crippen LogP contribution in [0.3, 0.4) is 0 Å². The van der Waals surface area contributed by atoms with Crippen LogP contribution in [-0.2, 0) is 70.2 Å². The molecular weight excluding hydrogens is 1800 g/mol. The summed E-state index contributed by atoms with van der Waals surface area (Å²) in [5.41, 5.74) is 23.4. The van der Waals surface area contributed by atoms with E-state index in [1.807, 2.05) is 97.1 Å². The Balaban J connectivity index is -0.000000262. The molecule has 19 nitrogen and oxygen atoms in total. The maximum atomic E-state index is 11.2. The fourth-order valence-corrected chi connectivity index (χ4v) is 10.0. The van der Waals surface area contributed by atoms with Crippen LogP contribution in [0.2, 0.25) is 0 Å². The van der Waals surface area contributed by atoms with Gasteiger partial charge in [0.2, 0.25) is 23.9 Å². The van der Waals surface area contributed by atoms with Crippen LogP contribution in [0.1, 0.15) is 100 Å². The van der Waals surface area contributed by atoms with Crippen molar-refractivity contribution in [1.29, 1.82) is 0 Å². The first-order chi connectivity index (χ1) is 47.4. The first-order valence-corrected chi connectivity index (χ1v) is 35.6. The molecule has 0 heterocycles. The molecule has 103 heavy (non-hydrogen) atoms. The van der Waals surface area contributed by atoms with Crippen LogP contribution in [0.4, 0.5) is 5.69 Å². The summed E-state index contributed by atoms with van der Waals surface area (Å²) in [6.45, 7) is 8.21. The number of amides is 1. The molecule has 0 aliphatic rings. The Morgan fingerprint density at radius 2 is 0.883 bits per heavy atom. The largest absolute Gasteiger partial charge is 1.00 e. The molecule has 30 heteroatoms. The van der Waals surface area contributed by atoms with E-state index in [1.54, 1.807) is 78.0 Å². The topological polar surface area (TPSA) is 282 Å². The summed E-state index contributed by atoms with van der Waals surface area (Å²) in [6.07, 6.45) is 11.3. The van der Waals surface area contributed by atoms with Gasteiger partial charge in [0.05, 0.1) is 11.5 Å². The number of carbonyl (C=O) groups is 6. The molecule has 0 saturated carbocycles. The Morgan fingerprint density at radius 1 is 0.544 bits per heavy atom. The number of benzene rings is 7. The first-order valence-electron chi connectivity index (χ1n) is 30.0. The number of ether oxygens (including phenoxy) is 4. The molecule has 7 aromatic carbocycles. The van der Waals surface area contributed by atoms with Gasteiger partial charge in [-0.1, -0.05) is 190 Å². The molecule has 0 aliphatic carbocycles. The zero-order valence-corrected chi connectivity index (χ0v) is 71.5. The second kappa shape index (κ2) is 73.0. The van der Waals surface area contributed by atoms with E-state index in [9.17, 15) is 49.0 Å². The summed E-state index contributed by atoms with van der Waals surface area (Å²) in [4.78, 5) is 86.9. The summed E-state index contributed by atoms with van der Waals surface area (Å²) in [7, 11) is 6.00. The minimum atomic E-state index is -0.485. The van der Waals surface area contributed by atoms with Crippen molar-refractivity contribution in [1.82, 2.24) is 0 Å². The Kier molecular flexibility index (Phi) is 77.5. The van der Waals surface area contributed by atoms with E-state index in [0.717, 1.165) is 109 Å². The third-order valence-corrected chi connectivity index (χ3v) is 14.7. The van der Waals surface area contributed by atoms with Crippen LogP contribution in [-0.4, -0.2) is 135 Å². The van der Waals surface area contributed by atoms with Crippen LogP contribution in [0.25, 0.3) is 10.9 Å². The molecule has 0 unspecified atom stereocenters. The summed E-state index contributed by atoms with van der Waals surface area (Å²) in [5, 5.41) is 19.6. The zero-order chi connectivity index (χ0) is 74.6. The van der Waals surface area contributed by atoms with E-state index in [2.05, 4.69) is 119 Å². The summed E-state index contributed by atoms with van der Waals surface area (Å²) in [6, 6.07) is 53.1. The molecule has 7 aromatic rings. The van der Waals surface area contributed by atoms with Crippen LogP contribution >= 0.6 is 114 Å². The summed E-state index contributed by atoms with van der Waals surface area (Å²) < 4.78 is 23.6. The van der Waals surface area contributed by atoms with Gasteiger partial charge in [0.25, 0.3) is 0 Å². The third kappa shape index (κ3) is 65.5. The van der Waals surface area contributed by atoms with Gasteiger partial charge in [0, 0.05) is 107 Å². The van der Waals surface area contributed by atoms with Gasteiger partial charge in [-0.2, -0.15) is 22.4 Å². The first kappa shape index (κ1) is 109. The van der Waals surface area contributed by atoms with Crippen LogP contribution in [0, 0.1) is 26.8 Å². The number of aldehydes is 1. The molecule has 9 radical (unpaired) electrons. The summed E-state index contributed by atoms with van der Waals surface area (Å²) in [5.74, 6) is -0.0304. The molecule has 0 aliphatic heterocycles. The molecule has 7 rings (SSSR count). The SMILES string of the molecule is C.COCC(=O)CCCc1cccc(Br)c1.COCC(=O)CCCc1cccc(C(N)=O)c1.COCC(=O)Cl.NCCc1cccc(Br)c1.O=Cc1cccc(Br)c1.O=[N+]([O-])/C=C/c1cccc(Br)c1.O=[N+]([O-])CCc1cccc(Br)c1.[B-].[B].[B]I.[C-]#[N+]c1cccc(CCCC(=O)COC)c1.[K+]. The predicted octanol–water partition coefficient (Wildman–Crippen LogP) is 14.0. The van der Waals surface area contributed by atoms with Crippen molar-refractivity contribution >= 4 is 183 Å². The van der Waals surface area contributed by atoms with Gasteiger partial charge in [0.1, 0.15) is 32.7 Å². The van der Waals surface area contributed by atoms with Gasteiger partial charge in [-0.05, 0) is 164 Å². The van der Waals surface area contributed by atoms with Crippen LogP contribution in [0.15, 0.2) is 198 Å². The van der Waals surface area contributed by atoms with E-state index in [0.29, 0.717) is 42.5 Å². The number of halogens is 7. The standard InChI is InChI=1S/C13H17NO3.C13H15NO2.C12H15BrO2.C8H8BrNO2.C8H6BrNO2.C8H10BrN.C7H5BrO.C3H5ClO2.CH4.BI.2B.K/c1-17-9-12(15)7-3-5-10-4-2-6-11(8-10)13(14)16;1-14-12-7-3-5-11(9-12)6-4-8-13(15)10-16-2;1-15-9-12(14)7-3-5-10-4-2-6-11(13)8-10;2*9-8-3-1-2-7(6-8)4-5-10(11)12;9-8-3-1-2-7(6-8)4-5-10;8-7-3-1-2-6(4-7)5-9;1-6-2-3(4)5;;1-2;;;/h2,4,6,8H,3,5,7,9H2,1H3,(H2,14,16);3,5,7,9H,4,6,8,10H2,2H3;2,4,6,8H,3,5,7,9H2,1H3;1-3,6H,4-5H2;1-6H;1-3,6H,4-5,10H2;1-5H;2H2,1H3;1H4;;;;/q;;;;;;;;;;;-1;+1/b;;;;5-4+;;;;;;;;. The number of primary amides is 1. The number of carbonyl (C=O) groups excluding carboxylic acids is 6. The maximum Gasteiger partial charge on any atom is 1.00 e. The maximum absolute atomic E-state index is 11.2.